The van der Waals surface area contributed by atoms with Gasteiger partial charge in [-0.3, -0.25) is 0 Å². The van der Waals surface area contributed by atoms with E-state index in [1.807, 2.05) is 43.3 Å². The van der Waals surface area contributed by atoms with Crippen LogP contribution in [0.4, 0.5) is 0 Å². The molecule has 0 amide bonds. The van der Waals surface area contributed by atoms with Gasteiger partial charge in [-0.25, -0.2) is 0 Å². The zero-order valence-electron chi connectivity index (χ0n) is 9.19. The van der Waals surface area contributed by atoms with Crippen LogP contribution in [0.5, 0.6) is 5.75 Å². The highest BCUT2D eigenvalue weighted by Gasteiger charge is 2.00. The fraction of sp³-hybridized carbons (Fsp3) is 0.154. The molecule has 0 saturated heterocycles. The first-order valence-electron chi connectivity index (χ1n) is 4.95. The van der Waals surface area contributed by atoms with E-state index in [9.17, 15) is 0 Å². The highest BCUT2D eigenvalue weighted by atomic mass is 32.1. The van der Waals surface area contributed by atoms with E-state index in [0.717, 1.165) is 22.6 Å². The number of rotatable bonds is 2. The standard InChI is InChI=1S/C13H12O2S/c1-9-7-11(8-13(16)15-9)10-3-5-12(14-2)6-4-10/h3-8H,1-2H3. The van der Waals surface area contributed by atoms with Crippen molar-refractivity contribution in [3.8, 4) is 16.9 Å². The summed E-state index contributed by atoms with van der Waals surface area (Å²) in [6.45, 7) is 1.89. The van der Waals surface area contributed by atoms with E-state index in [-0.39, 0.29) is 0 Å². The Hall–Kier alpha value is -1.61. The van der Waals surface area contributed by atoms with Crippen molar-refractivity contribution < 1.29 is 9.15 Å². The average Bonchev–Trinajstić information content (AvgIpc) is 2.28. The molecule has 0 N–H and O–H groups in total. The van der Waals surface area contributed by atoms with Gasteiger partial charge in [0.2, 0.25) is 0 Å². The molecule has 0 unspecified atom stereocenters. The lowest BCUT2D eigenvalue weighted by atomic mass is 10.1. The SMILES string of the molecule is COc1ccc(-c2cc(C)oc(=S)c2)cc1. The van der Waals surface area contributed by atoms with Gasteiger partial charge in [-0.05, 0) is 48.5 Å². The van der Waals surface area contributed by atoms with E-state index in [1.54, 1.807) is 7.11 Å². The molecule has 0 saturated carbocycles. The highest BCUT2D eigenvalue weighted by molar-refractivity contribution is 7.71. The monoisotopic (exact) mass is 232 g/mol. The van der Waals surface area contributed by atoms with Crippen molar-refractivity contribution in [2.75, 3.05) is 7.11 Å². The van der Waals surface area contributed by atoms with Gasteiger partial charge < -0.3 is 9.15 Å². The third-order valence-electron chi connectivity index (χ3n) is 2.32. The fourth-order valence-electron chi connectivity index (χ4n) is 1.56. The molecule has 3 heteroatoms. The quantitative estimate of drug-likeness (QED) is 0.731. The van der Waals surface area contributed by atoms with Crippen LogP contribution in [0.1, 0.15) is 5.76 Å². The third-order valence-corrected chi connectivity index (χ3v) is 2.52. The van der Waals surface area contributed by atoms with Crippen LogP contribution in [0.25, 0.3) is 11.1 Å². The zero-order chi connectivity index (χ0) is 11.5. The topological polar surface area (TPSA) is 22.4 Å². The molecule has 0 spiro atoms. The predicted octanol–water partition coefficient (Wildman–Crippen LogP) is 3.99. The van der Waals surface area contributed by atoms with Crippen LogP contribution in [0, 0.1) is 11.6 Å². The number of methoxy groups -OCH3 is 1. The molecule has 1 heterocycles. The lowest BCUT2D eigenvalue weighted by molar-refractivity contribution is 0.415. The first-order chi connectivity index (χ1) is 7.69. The maximum Gasteiger partial charge on any atom is 0.190 e. The summed E-state index contributed by atoms with van der Waals surface area (Å²) in [4.78, 5) is 0. The van der Waals surface area contributed by atoms with Crippen molar-refractivity contribution in [3.05, 3.63) is 46.9 Å². The Bertz CT molecular complexity index is 541. The third kappa shape index (κ3) is 2.31. The van der Waals surface area contributed by atoms with Crippen molar-refractivity contribution in [1.82, 2.24) is 0 Å². The van der Waals surface area contributed by atoms with Crippen molar-refractivity contribution >= 4 is 12.2 Å². The van der Waals surface area contributed by atoms with Crippen molar-refractivity contribution in [2.24, 2.45) is 0 Å². The van der Waals surface area contributed by atoms with Crippen LogP contribution >= 0.6 is 12.2 Å². The molecule has 0 atom stereocenters. The van der Waals surface area contributed by atoms with Crippen LogP contribution in [0.2, 0.25) is 0 Å². The molecule has 82 valence electrons. The van der Waals surface area contributed by atoms with Crippen molar-refractivity contribution in [3.63, 3.8) is 0 Å². The van der Waals surface area contributed by atoms with Gasteiger partial charge in [-0.15, -0.1) is 0 Å². The number of hydrogen-bond acceptors (Lipinski definition) is 3. The van der Waals surface area contributed by atoms with E-state index in [1.165, 1.54) is 0 Å². The Kier molecular flexibility index (Phi) is 3.06. The highest BCUT2D eigenvalue weighted by Crippen LogP contribution is 2.23. The lowest BCUT2D eigenvalue weighted by Gasteiger charge is -2.04. The van der Waals surface area contributed by atoms with Gasteiger partial charge in [0, 0.05) is 6.07 Å². The molecule has 0 bridgehead atoms. The smallest absolute Gasteiger partial charge is 0.190 e. The molecule has 2 rings (SSSR count). The molecule has 1 aromatic heterocycles. The second-order valence-corrected chi connectivity index (χ2v) is 3.91. The summed E-state index contributed by atoms with van der Waals surface area (Å²) >= 11 is 5.04. The minimum absolute atomic E-state index is 0.505. The molecular formula is C13H12O2S. The Balaban J connectivity index is 2.46. The summed E-state index contributed by atoms with van der Waals surface area (Å²) in [5.41, 5.74) is 2.17. The first kappa shape index (κ1) is 10.9. The molecular weight excluding hydrogens is 220 g/mol. The lowest BCUT2D eigenvalue weighted by Crippen LogP contribution is -1.83. The fourth-order valence-corrected chi connectivity index (χ4v) is 1.81. The van der Waals surface area contributed by atoms with Crippen LogP contribution in [0.3, 0.4) is 0 Å². The predicted molar refractivity (Wildman–Crippen MR) is 66.3 cm³/mol. The van der Waals surface area contributed by atoms with E-state index >= 15 is 0 Å². The molecule has 0 aliphatic carbocycles. The number of benzene rings is 1. The molecule has 1 aromatic carbocycles. The van der Waals surface area contributed by atoms with Gasteiger partial charge in [0.15, 0.2) is 4.71 Å². The van der Waals surface area contributed by atoms with Crippen molar-refractivity contribution in [1.29, 1.82) is 0 Å². The van der Waals surface area contributed by atoms with Gasteiger partial charge in [0.1, 0.15) is 11.5 Å². The van der Waals surface area contributed by atoms with Gasteiger partial charge in [-0.2, -0.15) is 0 Å². The summed E-state index contributed by atoms with van der Waals surface area (Å²) in [6.07, 6.45) is 0. The normalized spacial score (nSPS) is 10.1. The Morgan fingerprint density at radius 3 is 2.31 bits per heavy atom. The minimum atomic E-state index is 0.505. The van der Waals surface area contributed by atoms with Crippen molar-refractivity contribution in [2.45, 2.75) is 6.92 Å². The molecule has 16 heavy (non-hydrogen) atoms. The summed E-state index contributed by atoms with van der Waals surface area (Å²) < 4.78 is 10.9. The molecule has 2 nitrogen and oxygen atoms in total. The maximum absolute atomic E-state index is 5.27. The Morgan fingerprint density at radius 1 is 1.06 bits per heavy atom. The molecule has 0 aliphatic heterocycles. The molecule has 2 aromatic rings. The number of aryl methyl sites for hydroxylation is 1. The van der Waals surface area contributed by atoms with E-state index in [4.69, 9.17) is 21.4 Å². The van der Waals surface area contributed by atoms with Gasteiger partial charge in [0.25, 0.3) is 0 Å². The zero-order valence-corrected chi connectivity index (χ0v) is 10.0. The van der Waals surface area contributed by atoms with Gasteiger partial charge in [0.05, 0.1) is 7.11 Å². The van der Waals surface area contributed by atoms with E-state index in [0.29, 0.717) is 4.71 Å². The Labute approximate surface area is 99.5 Å². The van der Waals surface area contributed by atoms with E-state index in [2.05, 4.69) is 0 Å². The van der Waals surface area contributed by atoms with Crippen LogP contribution in [0.15, 0.2) is 40.8 Å². The molecule has 0 aliphatic rings. The summed E-state index contributed by atoms with van der Waals surface area (Å²) in [5.74, 6) is 1.66. The van der Waals surface area contributed by atoms with Crippen LogP contribution in [-0.4, -0.2) is 7.11 Å². The Morgan fingerprint density at radius 2 is 1.75 bits per heavy atom. The van der Waals surface area contributed by atoms with E-state index < -0.39 is 0 Å². The summed E-state index contributed by atoms with van der Waals surface area (Å²) in [7, 11) is 1.65. The second-order valence-electron chi connectivity index (χ2n) is 3.50. The summed E-state index contributed by atoms with van der Waals surface area (Å²) in [5, 5.41) is 0. The summed E-state index contributed by atoms with van der Waals surface area (Å²) in [6, 6.07) is 11.7. The van der Waals surface area contributed by atoms with Crippen LogP contribution in [-0.2, 0) is 0 Å². The minimum Gasteiger partial charge on any atom is -0.497 e. The largest absolute Gasteiger partial charge is 0.497 e. The molecule has 0 radical (unpaired) electrons. The number of hydrogen-bond donors (Lipinski definition) is 0. The number of ether oxygens (including phenoxy) is 1. The molecule has 0 fully saturated rings. The van der Waals surface area contributed by atoms with Crippen LogP contribution < -0.4 is 4.74 Å². The first-order valence-corrected chi connectivity index (χ1v) is 5.36. The van der Waals surface area contributed by atoms with Gasteiger partial charge >= 0.3 is 0 Å². The second kappa shape index (κ2) is 4.49. The average molecular weight is 232 g/mol. The maximum atomic E-state index is 5.27. The van der Waals surface area contributed by atoms with Gasteiger partial charge in [-0.1, -0.05) is 12.1 Å².